The summed E-state index contributed by atoms with van der Waals surface area (Å²) in [5.74, 6) is -0.783. The maximum absolute atomic E-state index is 13.4. The number of aromatic nitrogens is 3. The zero-order chi connectivity index (χ0) is 24.6. The van der Waals surface area contributed by atoms with Crippen molar-refractivity contribution in [2.75, 3.05) is 26.8 Å². The predicted molar refractivity (Wildman–Crippen MR) is 127 cm³/mol. The molecule has 0 bridgehead atoms. The molecule has 2 fully saturated rings. The van der Waals surface area contributed by atoms with Gasteiger partial charge in [0.05, 0.1) is 12.3 Å². The van der Waals surface area contributed by atoms with Gasteiger partial charge in [0.25, 0.3) is 11.5 Å². The van der Waals surface area contributed by atoms with Crippen LogP contribution in [0.1, 0.15) is 54.7 Å². The molecule has 0 unspecified atom stereocenters. The van der Waals surface area contributed by atoms with Crippen LogP contribution in [0, 0.1) is 18.8 Å². The minimum absolute atomic E-state index is 0.0403. The molecule has 2 N–H and O–H groups in total. The molecule has 0 spiro atoms. The quantitative estimate of drug-likeness (QED) is 0.564. The molecule has 2 aromatic rings. The average Bonchev–Trinajstić information content (AvgIpc) is 3.34. The molecule has 0 aromatic carbocycles. The molecule has 10 nitrogen and oxygen atoms in total. The molecule has 34 heavy (non-hydrogen) atoms. The summed E-state index contributed by atoms with van der Waals surface area (Å²) >= 11 is 0. The summed E-state index contributed by atoms with van der Waals surface area (Å²) in [6, 6.07) is 0.0403. The normalized spacial score (nSPS) is 18.5. The van der Waals surface area contributed by atoms with Crippen molar-refractivity contribution in [1.82, 2.24) is 24.4 Å². The summed E-state index contributed by atoms with van der Waals surface area (Å²) in [4.78, 5) is 40.7. The van der Waals surface area contributed by atoms with E-state index in [-0.39, 0.29) is 23.4 Å². The first-order valence-electron chi connectivity index (χ1n) is 11.8. The minimum atomic E-state index is -0.593. The Kier molecular flexibility index (Phi) is 6.79. The molecule has 2 aliphatic rings. The number of rotatable bonds is 8. The Balaban J connectivity index is 1.73. The van der Waals surface area contributed by atoms with Crippen LogP contribution in [0.5, 0.6) is 5.88 Å². The lowest BCUT2D eigenvalue weighted by atomic mass is 10.1. The van der Waals surface area contributed by atoms with Crippen molar-refractivity contribution in [1.29, 1.82) is 0 Å². The van der Waals surface area contributed by atoms with Crippen LogP contribution in [0.15, 0.2) is 10.9 Å². The van der Waals surface area contributed by atoms with Crippen molar-refractivity contribution in [2.24, 2.45) is 11.8 Å². The number of ether oxygens (including phenoxy) is 1. The highest BCUT2D eigenvalue weighted by Crippen LogP contribution is 2.25. The number of hydrogen-bond donors (Lipinski definition) is 2. The molecular formula is C24H33N5O5. The van der Waals surface area contributed by atoms with Gasteiger partial charge in [0, 0.05) is 50.3 Å². The van der Waals surface area contributed by atoms with Crippen LogP contribution in [-0.2, 0) is 16.1 Å². The molecule has 1 aliphatic heterocycles. The standard InChI is InChI=1S/C24H33N5O5/c1-14(2)11-28-22-18(7-8-19(30)27-10-9-16(12-27)13-34-4)15(3)26-29(22)24(33)20(23(28)32)21(31)25-17-5-6-17/h7-8,14,16-17,33H,5-6,9-13H2,1-4H3,(H,25,31)/b8-7+/t16-/m1/s1. The van der Waals surface area contributed by atoms with Gasteiger partial charge < -0.3 is 20.1 Å². The number of hydrogen-bond acceptors (Lipinski definition) is 6. The van der Waals surface area contributed by atoms with Gasteiger partial charge in [-0.15, -0.1) is 0 Å². The molecule has 1 saturated heterocycles. The number of likely N-dealkylation sites (tertiary alicyclic amines) is 1. The number of methoxy groups -OCH3 is 1. The van der Waals surface area contributed by atoms with E-state index < -0.39 is 17.3 Å². The molecule has 10 heteroatoms. The first-order valence-corrected chi connectivity index (χ1v) is 11.8. The van der Waals surface area contributed by atoms with E-state index in [2.05, 4.69) is 10.4 Å². The van der Waals surface area contributed by atoms with E-state index in [1.165, 1.54) is 15.2 Å². The number of aromatic hydroxyl groups is 1. The van der Waals surface area contributed by atoms with Crippen LogP contribution < -0.4 is 10.9 Å². The molecular weight excluding hydrogens is 438 g/mol. The summed E-state index contributed by atoms with van der Waals surface area (Å²) in [6.07, 6.45) is 5.75. The highest BCUT2D eigenvalue weighted by molar-refractivity contribution is 5.97. The number of carbonyl (C=O) groups excluding carboxylic acids is 2. The highest BCUT2D eigenvalue weighted by atomic mass is 16.5. The zero-order valence-corrected chi connectivity index (χ0v) is 20.2. The molecule has 1 saturated carbocycles. The lowest BCUT2D eigenvalue weighted by Crippen LogP contribution is -2.36. The first-order chi connectivity index (χ1) is 16.2. The third-order valence-electron chi connectivity index (χ3n) is 6.30. The molecule has 2 amide bonds. The summed E-state index contributed by atoms with van der Waals surface area (Å²) in [5, 5.41) is 18.1. The van der Waals surface area contributed by atoms with E-state index in [4.69, 9.17) is 4.74 Å². The van der Waals surface area contributed by atoms with Crippen molar-refractivity contribution in [3.8, 4) is 5.88 Å². The molecule has 184 valence electrons. The van der Waals surface area contributed by atoms with Crippen molar-refractivity contribution in [2.45, 2.75) is 52.6 Å². The summed E-state index contributed by atoms with van der Waals surface area (Å²) < 4.78 is 7.91. The molecule has 2 aromatic heterocycles. The van der Waals surface area contributed by atoms with Crippen LogP contribution in [-0.4, -0.2) is 68.9 Å². The fourth-order valence-electron chi connectivity index (χ4n) is 4.45. The summed E-state index contributed by atoms with van der Waals surface area (Å²) in [5.41, 5.74) is 0.576. The molecule has 1 atom stereocenters. The second-order valence-corrected chi connectivity index (χ2v) is 9.72. The number of nitrogens with zero attached hydrogens (tertiary/aromatic N) is 4. The largest absolute Gasteiger partial charge is 0.492 e. The maximum atomic E-state index is 13.4. The van der Waals surface area contributed by atoms with Gasteiger partial charge in [-0.2, -0.15) is 9.61 Å². The number of amides is 2. The van der Waals surface area contributed by atoms with E-state index in [0.717, 1.165) is 19.3 Å². The monoisotopic (exact) mass is 471 g/mol. The Hall–Kier alpha value is -3.14. The predicted octanol–water partition coefficient (Wildman–Crippen LogP) is 1.57. The molecule has 0 radical (unpaired) electrons. The summed E-state index contributed by atoms with van der Waals surface area (Å²) in [7, 11) is 1.66. The van der Waals surface area contributed by atoms with Gasteiger partial charge in [-0.05, 0) is 38.2 Å². The van der Waals surface area contributed by atoms with Crippen LogP contribution >= 0.6 is 0 Å². The van der Waals surface area contributed by atoms with Gasteiger partial charge in [0.2, 0.25) is 11.8 Å². The summed E-state index contributed by atoms with van der Waals surface area (Å²) in [6.45, 7) is 7.94. The van der Waals surface area contributed by atoms with Crippen LogP contribution in [0.2, 0.25) is 0 Å². The second-order valence-electron chi connectivity index (χ2n) is 9.72. The van der Waals surface area contributed by atoms with E-state index >= 15 is 0 Å². The van der Waals surface area contributed by atoms with E-state index in [1.54, 1.807) is 25.0 Å². The van der Waals surface area contributed by atoms with Gasteiger partial charge in [-0.25, -0.2) is 0 Å². The fourth-order valence-corrected chi connectivity index (χ4v) is 4.45. The van der Waals surface area contributed by atoms with Crippen molar-refractivity contribution in [3.05, 3.63) is 33.3 Å². The lowest BCUT2D eigenvalue weighted by molar-refractivity contribution is -0.125. The van der Waals surface area contributed by atoms with Crippen LogP contribution in [0.4, 0.5) is 0 Å². The SMILES string of the molecule is COC[C@@H]1CCN(C(=O)/C=C/c2c(C)nn3c(O)c(C(=O)NC4CC4)c(=O)n(CC(C)C)c23)C1. The average molecular weight is 472 g/mol. The maximum Gasteiger partial charge on any atom is 0.270 e. The van der Waals surface area contributed by atoms with E-state index in [9.17, 15) is 19.5 Å². The zero-order valence-electron chi connectivity index (χ0n) is 20.2. The lowest BCUT2D eigenvalue weighted by Gasteiger charge is -2.15. The Bertz CT molecular complexity index is 1190. The van der Waals surface area contributed by atoms with Gasteiger partial charge >= 0.3 is 0 Å². The topological polar surface area (TPSA) is 118 Å². The van der Waals surface area contributed by atoms with Crippen LogP contribution in [0.3, 0.4) is 0 Å². The minimum Gasteiger partial charge on any atom is -0.492 e. The number of aryl methyl sites for hydroxylation is 1. The van der Waals surface area contributed by atoms with Gasteiger partial charge in [0.15, 0.2) is 5.56 Å². The van der Waals surface area contributed by atoms with Gasteiger partial charge in [-0.3, -0.25) is 19.0 Å². The smallest absolute Gasteiger partial charge is 0.270 e. The number of nitrogens with one attached hydrogen (secondary N) is 1. The van der Waals surface area contributed by atoms with Crippen LogP contribution in [0.25, 0.3) is 11.7 Å². The Morgan fingerprint density at radius 1 is 1.29 bits per heavy atom. The van der Waals surface area contributed by atoms with Crippen molar-refractivity contribution in [3.63, 3.8) is 0 Å². The molecule has 1 aliphatic carbocycles. The Morgan fingerprint density at radius 2 is 2.03 bits per heavy atom. The third kappa shape index (κ3) is 4.72. The van der Waals surface area contributed by atoms with Crippen molar-refractivity contribution < 1.29 is 19.4 Å². The third-order valence-corrected chi connectivity index (χ3v) is 6.30. The fraction of sp³-hybridized carbons (Fsp3) is 0.583. The van der Waals surface area contributed by atoms with Gasteiger partial charge in [0.1, 0.15) is 5.65 Å². The Labute approximate surface area is 198 Å². The molecule has 3 heterocycles. The Morgan fingerprint density at radius 3 is 2.68 bits per heavy atom. The molecule has 4 rings (SSSR count). The van der Waals surface area contributed by atoms with E-state index in [1.807, 2.05) is 13.8 Å². The van der Waals surface area contributed by atoms with Gasteiger partial charge in [-0.1, -0.05) is 13.8 Å². The van der Waals surface area contributed by atoms with Crippen molar-refractivity contribution >= 4 is 23.5 Å². The second kappa shape index (κ2) is 9.61. The number of fused-ring (bicyclic) bond motifs is 1. The van der Waals surface area contributed by atoms with E-state index in [0.29, 0.717) is 49.1 Å². The number of carbonyl (C=O) groups is 2. The first kappa shape index (κ1) is 24.0. The highest BCUT2D eigenvalue weighted by Gasteiger charge is 2.30.